The Kier molecular flexibility index (Phi) is 8.07. The number of nitrogens with one attached hydrogen (secondary N) is 1. The second-order valence-corrected chi connectivity index (χ2v) is 7.48. The first kappa shape index (κ1) is 19.1. The molecular formula is C16H25ClN2O2S. The van der Waals surface area contributed by atoms with Crippen LogP contribution in [-0.4, -0.2) is 21.4 Å². The Labute approximate surface area is 141 Å². The summed E-state index contributed by atoms with van der Waals surface area (Å²) < 4.78 is 12.4. The Morgan fingerprint density at radius 3 is 2.68 bits per heavy atom. The van der Waals surface area contributed by atoms with Crippen LogP contribution in [0.2, 0.25) is 0 Å². The highest BCUT2D eigenvalue weighted by molar-refractivity contribution is 7.84. The maximum Gasteiger partial charge on any atom is 0.240 e. The van der Waals surface area contributed by atoms with Crippen molar-refractivity contribution in [3.05, 3.63) is 29.8 Å². The largest absolute Gasteiger partial charge is 0.325 e. The van der Waals surface area contributed by atoms with E-state index in [1.165, 1.54) is 19.3 Å². The molecule has 1 aliphatic carbocycles. The molecule has 0 radical (unpaired) electrons. The van der Waals surface area contributed by atoms with Crippen LogP contribution in [0.4, 0.5) is 5.69 Å². The summed E-state index contributed by atoms with van der Waals surface area (Å²) in [5.74, 6) is 0.354. The van der Waals surface area contributed by atoms with Gasteiger partial charge in [-0.2, -0.15) is 0 Å². The normalized spacial score (nSPS) is 18.1. The molecule has 1 saturated carbocycles. The molecular weight excluding hydrogens is 320 g/mol. The van der Waals surface area contributed by atoms with Gasteiger partial charge in [-0.3, -0.25) is 9.00 Å². The number of carbonyl (C=O) groups excluding carboxylic acids is 1. The Morgan fingerprint density at radius 2 is 2.05 bits per heavy atom. The first-order chi connectivity index (χ1) is 10.1. The van der Waals surface area contributed by atoms with Crippen LogP contribution in [0.5, 0.6) is 0 Å². The van der Waals surface area contributed by atoms with Crippen molar-refractivity contribution in [3.63, 3.8) is 0 Å². The minimum absolute atomic E-state index is 0. The molecule has 1 unspecified atom stereocenters. The van der Waals surface area contributed by atoms with Gasteiger partial charge in [-0.1, -0.05) is 31.4 Å². The molecule has 6 heteroatoms. The zero-order chi connectivity index (χ0) is 15.2. The van der Waals surface area contributed by atoms with Gasteiger partial charge in [0, 0.05) is 27.5 Å². The summed E-state index contributed by atoms with van der Waals surface area (Å²) in [6, 6.07) is 7.02. The Hall–Kier alpha value is -0.910. The summed E-state index contributed by atoms with van der Waals surface area (Å²) in [6.07, 6.45) is 5.82. The number of nitrogens with two attached hydrogens (primary N) is 1. The number of benzene rings is 1. The predicted octanol–water partition coefficient (Wildman–Crippen LogP) is 2.98. The quantitative estimate of drug-likeness (QED) is 0.862. The van der Waals surface area contributed by atoms with Gasteiger partial charge in [0.05, 0.1) is 6.04 Å². The lowest BCUT2D eigenvalue weighted by Gasteiger charge is -2.21. The number of rotatable bonds is 5. The van der Waals surface area contributed by atoms with Crippen molar-refractivity contribution in [3.8, 4) is 0 Å². The standard InChI is InChI=1S/C16H24N2O2S.ClH/c1-12(17)16(19)18-14-7-5-6-13(10-14)11-21(20)15-8-3-2-4-9-15;/h5-7,10,12,15H,2-4,8-9,11,17H2,1H3,(H,18,19);1H/t12-,21?;/m0./s1. The highest BCUT2D eigenvalue weighted by Gasteiger charge is 2.20. The van der Waals surface area contributed by atoms with E-state index in [0.717, 1.165) is 24.1 Å². The van der Waals surface area contributed by atoms with Crippen molar-refractivity contribution in [2.75, 3.05) is 5.32 Å². The van der Waals surface area contributed by atoms with Gasteiger partial charge in [0.25, 0.3) is 0 Å². The van der Waals surface area contributed by atoms with E-state index in [1.54, 1.807) is 6.92 Å². The summed E-state index contributed by atoms with van der Waals surface area (Å²) >= 11 is 0. The number of anilines is 1. The van der Waals surface area contributed by atoms with Gasteiger partial charge in [0.2, 0.25) is 5.91 Å². The second-order valence-electron chi connectivity index (χ2n) is 5.76. The van der Waals surface area contributed by atoms with Crippen molar-refractivity contribution < 1.29 is 9.00 Å². The molecule has 1 amide bonds. The molecule has 124 valence electrons. The van der Waals surface area contributed by atoms with E-state index in [2.05, 4.69) is 5.32 Å². The van der Waals surface area contributed by atoms with Crippen LogP contribution in [-0.2, 0) is 21.3 Å². The maximum atomic E-state index is 12.4. The third-order valence-electron chi connectivity index (χ3n) is 3.84. The second kappa shape index (κ2) is 9.28. The molecule has 0 heterocycles. The van der Waals surface area contributed by atoms with Crippen LogP contribution < -0.4 is 11.1 Å². The first-order valence-electron chi connectivity index (χ1n) is 7.59. The highest BCUT2D eigenvalue weighted by atomic mass is 35.5. The highest BCUT2D eigenvalue weighted by Crippen LogP contribution is 2.24. The Balaban J connectivity index is 0.00000242. The van der Waals surface area contributed by atoms with Crippen LogP contribution in [0.1, 0.15) is 44.6 Å². The van der Waals surface area contributed by atoms with E-state index in [-0.39, 0.29) is 18.3 Å². The van der Waals surface area contributed by atoms with Gasteiger partial charge >= 0.3 is 0 Å². The lowest BCUT2D eigenvalue weighted by atomic mass is 10.0. The van der Waals surface area contributed by atoms with Gasteiger partial charge in [-0.05, 0) is 37.5 Å². The monoisotopic (exact) mass is 344 g/mol. The van der Waals surface area contributed by atoms with Crippen LogP contribution in [0.15, 0.2) is 24.3 Å². The lowest BCUT2D eigenvalue weighted by Crippen LogP contribution is -2.32. The fourth-order valence-corrected chi connectivity index (χ4v) is 4.21. The van der Waals surface area contributed by atoms with Crippen molar-refractivity contribution in [1.29, 1.82) is 0 Å². The van der Waals surface area contributed by atoms with E-state index in [0.29, 0.717) is 11.0 Å². The lowest BCUT2D eigenvalue weighted by molar-refractivity contribution is -0.117. The Bertz CT molecular complexity index is 517. The molecule has 0 spiro atoms. The van der Waals surface area contributed by atoms with Gasteiger partial charge in [-0.25, -0.2) is 0 Å². The van der Waals surface area contributed by atoms with E-state index < -0.39 is 16.8 Å². The van der Waals surface area contributed by atoms with E-state index >= 15 is 0 Å². The Morgan fingerprint density at radius 1 is 1.36 bits per heavy atom. The molecule has 1 aliphatic rings. The van der Waals surface area contributed by atoms with Crippen LogP contribution in [0.25, 0.3) is 0 Å². The molecule has 3 N–H and O–H groups in total. The molecule has 0 aromatic heterocycles. The number of carbonyl (C=O) groups is 1. The zero-order valence-electron chi connectivity index (χ0n) is 12.9. The fraction of sp³-hybridized carbons (Fsp3) is 0.562. The first-order valence-corrected chi connectivity index (χ1v) is 8.97. The number of hydrogen-bond acceptors (Lipinski definition) is 3. The average molecular weight is 345 g/mol. The molecule has 2 atom stereocenters. The molecule has 4 nitrogen and oxygen atoms in total. The molecule has 1 aromatic rings. The zero-order valence-corrected chi connectivity index (χ0v) is 14.6. The van der Waals surface area contributed by atoms with Gasteiger partial charge in [0.15, 0.2) is 0 Å². The number of halogens is 1. The SMILES string of the molecule is C[C@H](N)C(=O)Nc1cccc(CS(=O)C2CCCCC2)c1.Cl. The molecule has 0 bridgehead atoms. The van der Waals surface area contributed by atoms with E-state index in [9.17, 15) is 9.00 Å². The van der Waals surface area contributed by atoms with Crippen LogP contribution >= 0.6 is 12.4 Å². The number of hydrogen-bond donors (Lipinski definition) is 2. The van der Waals surface area contributed by atoms with Crippen molar-refractivity contribution in [2.24, 2.45) is 5.73 Å². The smallest absolute Gasteiger partial charge is 0.240 e. The third-order valence-corrected chi connectivity index (χ3v) is 5.67. The fourth-order valence-electron chi connectivity index (χ4n) is 2.61. The van der Waals surface area contributed by atoms with E-state index in [1.807, 2.05) is 24.3 Å². The minimum Gasteiger partial charge on any atom is -0.325 e. The summed E-state index contributed by atoms with van der Waals surface area (Å²) in [5, 5.41) is 3.11. The van der Waals surface area contributed by atoms with Crippen LogP contribution in [0, 0.1) is 0 Å². The molecule has 22 heavy (non-hydrogen) atoms. The van der Waals surface area contributed by atoms with Crippen molar-refractivity contribution in [2.45, 2.75) is 56.1 Å². The predicted molar refractivity (Wildman–Crippen MR) is 94.7 cm³/mol. The number of amides is 1. The topological polar surface area (TPSA) is 72.2 Å². The summed E-state index contributed by atoms with van der Waals surface area (Å²) in [6.45, 7) is 1.65. The third kappa shape index (κ3) is 5.71. The van der Waals surface area contributed by atoms with Crippen LogP contribution in [0.3, 0.4) is 0 Å². The molecule has 1 fully saturated rings. The molecule has 0 saturated heterocycles. The molecule has 0 aliphatic heterocycles. The average Bonchev–Trinajstić information content (AvgIpc) is 2.48. The minimum atomic E-state index is -0.825. The molecule has 2 rings (SSSR count). The van der Waals surface area contributed by atoms with Gasteiger partial charge in [-0.15, -0.1) is 12.4 Å². The van der Waals surface area contributed by atoms with Gasteiger partial charge in [0.1, 0.15) is 0 Å². The van der Waals surface area contributed by atoms with Gasteiger partial charge < -0.3 is 11.1 Å². The molecule has 1 aromatic carbocycles. The van der Waals surface area contributed by atoms with Crippen molar-refractivity contribution in [1.82, 2.24) is 0 Å². The summed E-state index contributed by atoms with van der Waals surface area (Å²) in [7, 11) is -0.825. The summed E-state index contributed by atoms with van der Waals surface area (Å²) in [5.41, 5.74) is 7.26. The maximum absolute atomic E-state index is 12.4. The summed E-state index contributed by atoms with van der Waals surface area (Å²) in [4.78, 5) is 11.6. The van der Waals surface area contributed by atoms with Crippen molar-refractivity contribution >= 4 is 34.8 Å². The van der Waals surface area contributed by atoms with E-state index in [4.69, 9.17) is 5.73 Å².